The average molecular weight is 520 g/mol. The van der Waals surface area contributed by atoms with E-state index >= 15 is 0 Å². The van der Waals surface area contributed by atoms with Crippen LogP contribution in [0.2, 0.25) is 5.02 Å². The fourth-order valence-corrected chi connectivity index (χ4v) is 4.53. The van der Waals surface area contributed by atoms with Crippen LogP contribution in [0.4, 0.5) is 5.69 Å². The Labute approximate surface area is 221 Å². The first-order valence-electron chi connectivity index (χ1n) is 12.2. The highest BCUT2D eigenvalue weighted by Gasteiger charge is 2.47. The molecule has 3 aromatic rings. The number of halogens is 1. The summed E-state index contributed by atoms with van der Waals surface area (Å²) in [6, 6.07) is 17.6. The van der Waals surface area contributed by atoms with Gasteiger partial charge < -0.3 is 14.9 Å². The van der Waals surface area contributed by atoms with Crippen LogP contribution in [0.5, 0.6) is 11.5 Å². The van der Waals surface area contributed by atoms with Gasteiger partial charge in [0.05, 0.1) is 23.9 Å². The van der Waals surface area contributed by atoms with Gasteiger partial charge in [0.25, 0.3) is 11.7 Å². The molecule has 1 amide bonds. The molecule has 1 atom stereocenters. The number of ether oxygens (including phenoxy) is 1. The largest absolute Gasteiger partial charge is 0.507 e. The van der Waals surface area contributed by atoms with Gasteiger partial charge in [-0.05, 0) is 53.3 Å². The van der Waals surface area contributed by atoms with Crippen molar-refractivity contribution in [3.63, 3.8) is 0 Å². The van der Waals surface area contributed by atoms with Crippen molar-refractivity contribution < 1.29 is 24.5 Å². The lowest BCUT2D eigenvalue weighted by Crippen LogP contribution is -2.29. The predicted octanol–water partition coefficient (Wildman–Crippen LogP) is 6.76. The van der Waals surface area contributed by atoms with Gasteiger partial charge in [0.1, 0.15) is 17.3 Å². The zero-order valence-corrected chi connectivity index (χ0v) is 22.0. The maximum absolute atomic E-state index is 13.4. The number of carbonyl (C=O) groups excluding carboxylic acids is 2. The molecule has 4 rings (SSSR count). The van der Waals surface area contributed by atoms with E-state index in [0.29, 0.717) is 23.5 Å². The summed E-state index contributed by atoms with van der Waals surface area (Å²) in [6.07, 6.45) is 0.814. The second-order valence-electron chi connectivity index (χ2n) is 10.1. The molecule has 7 heteroatoms. The number of nitrogens with zero attached hydrogens (tertiary/aromatic N) is 1. The van der Waals surface area contributed by atoms with Gasteiger partial charge in [-0.25, -0.2) is 0 Å². The maximum atomic E-state index is 13.4. The Morgan fingerprint density at radius 3 is 2.38 bits per heavy atom. The number of anilines is 1. The van der Waals surface area contributed by atoms with Gasteiger partial charge in [-0.3, -0.25) is 14.5 Å². The summed E-state index contributed by atoms with van der Waals surface area (Å²) in [5.41, 5.74) is 1.91. The van der Waals surface area contributed by atoms with E-state index in [-0.39, 0.29) is 33.2 Å². The summed E-state index contributed by atoms with van der Waals surface area (Å²) in [7, 11) is 0. The predicted molar refractivity (Wildman–Crippen MR) is 145 cm³/mol. The SMILES string of the molecule is CCCOc1cccc(/C(O)=C2\C(=O)C(=O)N(c3cc(Cl)ccc3O)C2c2ccc(C(C)(C)C)cc2)c1. The molecule has 0 aliphatic carbocycles. The first kappa shape index (κ1) is 26.3. The number of aromatic hydroxyl groups is 1. The highest BCUT2D eigenvalue weighted by atomic mass is 35.5. The maximum Gasteiger partial charge on any atom is 0.300 e. The van der Waals surface area contributed by atoms with E-state index in [1.807, 2.05) is 31.2 Å². The fraction of sp³-hybridized carbons (Fsp3) is 0.267. The number of hydrogen-bond donors (Lipinski definition) is 2. The van der Waals surface area contributed by atoms with Crippen LogP contribution in [-0.2, 0) is 15.0 Å². The number of aliphatic hydroxyl groups excluding tert-OH is 1. The third-order valence-electron chi connectivity index (χ3n) is 6.31. The van der Waals surface area contributed by atoms with Crippen LogP contribution in [-0.4, -0.2) is 28.5 Å². The molecular weight excluding hydrogens is 490 g/mol. The van der Waals surface area contributed by atoms with Crippen LogP contribution in [0.3, 0.4) is 0 Å². The van der Waals surface area contributed by atoms with Gasteiger partial charge in [-0.2, -0.15) is 0 Å². The Morgan fingerprint density at radius 1 is 1.03 bits per heavy atom. The zero-order chi connectivity index (χ0) is 26.9. The van der Waals surface area contributed by atoms with E-state index in [1.165, 1.54) is 23.1 Å². The van der Waals surface area contributed by atoms with Crippen LogP contribution in [0.25, 0.3) is 5.76 Å². The summed E-state index contributed by atoms with van der Waals surface area (Å²) in [5.74, 6) is -1.73. The monoisotopic (exact) mass is 519 g/mol. The molecule has 1 heterocycles. The van der Waals surface area contributed by atoms with Crippen molar-refractivity contribution in [2.75, 3.05) is 11.5 Å². The molecule has 1 aliphatic rings. The molecular formula is C30H30ClNO5. The van der Waals surface area contributed by atoms with E-state index in [0.717, 1.165) is 12.0 Å². The minimum Gasteiger partial charge on any atom is -0.507 e. The highest BCUT2D eigenvalue weighted by Crippen LogP contribution is 2.45. The van der Waals surface area contributed by atoms with Gasteiger partial charge in [-0.1, -0.05) is 75.7 Å². The molecule has 2 N–H and O–H groups in total. The van der Waals surface area contributed by atoms with E-state index in [1.54, 1.807) is 24.3 Å². The number of aliphatic hydroxyl groups is 1. The van der Waals surface area contributed by atoms with Crippen LogP contribution < -0.4 is 9.64 Å². The van der Waals surface area contributed by atoms with Crippen LogP contribution >= 0.6 is 11.6 Å². The van der Waals surface area contributed by atoms with E-state index in [9.17, 15) is 19.8 Å². The van der Waals surface area contributed by atoms with E-state index in [2.05, 4.69) is 20.8 Å². The van der Waals surface area contributed by atoms with Gasteiger partial charge in [0, 0.05) is 10.6 Å². The first-order valence-corrected chi connectivity index (χ1v) is 12.5. The van der Waals surface area contributed by atoms with Crippen molar-refractivity contribution in [2.45, 2.75) is 45.6 Å². The van der Waals surface area contributed by atoms with Crippen molar-refractivity contribution in [3.8, 4) is 11.5 Å². The molecule has 0 spiro atoms. The van der Waals surface area contributed by atoms with Gasteiger partial charge in [-0.15, -0.1) is 0 Å². The molecule has 0 bridgehead atoms. The van der Waals surface area contributed by atoms with Crippen molar-refractivity contribution >= 4 is 34.7 Å². The molecule has 6 nitrogen and oxygen atoms in total. The van der Waals surface area contributed by atoms with Gasteiger partial charge in [0.15, 0.2) is 0 Å². The molecule has 1 aliphatic heterocycles. The topological polar surface area (TPSA) is 87.1 Å². The molecule has 0 aromatic heterocycles. The van der Waals surface area contributed by atoms with Crippen LogP contribution in [0, 0.1) is 0 Å². The van der Waals surface area contributed by atoms with E-state index < -0.39 is 17.7 Å². The molecule has 1 saturated heterocycles. The van der Waals surface area contributed by atoms with Crippen molar-refractivity contribution in [1.82, 2.24) is 0 Å². The first-order chi connectivity index (χ1) is 17.5. The van der Waals surface area contributed by atoms with Gasteiger partial charge in [0.2, 0.25) is 0 Å². The Balaban J connectivity index is 1.92. The molecule has 192 valence electrons. The second-order valence-corrected chi connectivity index (χ2v) is 10.5. The van der Waals surface area contributed by atoms with Crippen LogP contribution in [0.15, 0.2) is 72.3 Å². The summed E-state index contributed by atoms with van der Waals surface area (Å²) in [6.45, 7) is 8.76. The molecule has 0 saturated carbocycles. The Morgan fingerprint density at radius 2 is 1.73 bits per heavy atom. The van der Waals surface area contributed by atoms with Crippen LogP contribution in [0.1, 0.15) is 56.8 Å². The number of amides is 1. The quantitative estimate of drug-likeness (QED) is 0.213. The third-order valence-corrected chi connectivity index (χ3v) is 6.55. The minimum absolute atomic E-state index is 0.0820. The van der Waals surface area contributed by atoms with Crippen molar-refractivity contribution in [3.05, 3.63) is 94.0 Å². The standard InChI is InChI=1S/C30H30ClNO5/c1-5-15-37-22-8-6-7-19(16-22)27(34)25-26(18-9-11-20(12-10-18)30(2,3)4)32(29(36)28(25)35)23-17-21(31)13-14-24(23)33/h6-14,16-17,26,33-34H,5,15H2,1-4H3/b27-25+. The number of benzene rings is 3. The number of phenolic OH excluding ortho intramolecular Hbond substituents is 1. The lowest BCUT2D eigenvalue weighted by Gasteiger charge is -2.27. The minimum atomic E-state index is -0.987. The summed E-state index contributed by atoms with van der Waals surface area (Å²) in [4.78, 5) is 28.0. The molecule has 37 heavy (non-hydrogen) atoms. The number of carbonyl (C=O) groups is 2. The highest BCUT2D eigenvalue weighted by molar-refractivity contribution is 6.52. The Kier molecular flexibility index (Phi) is 7.32. The molecule has 1 fully saturated rings. The summed E-state index contributed by atoms with van der Waals surface area (Å²) in [5, 5.41) is 22.3. The third kappa shape index (κ3) is 5.20. The number of hydrogen-bond acceptors (Lipinski definition) is 5. The Bertz CT molecular complexity index is 1370. The summed E-state index contributed by atoms with van der Waals surface area (Å²) >= 11 is 6.19. The Hall–Kier alpha value is -3.77. The smallest absolute Gasteiger partial charge is 0.300 e. The molecule has 3 aromatic carbocycles. The molecule has 0 radical (unpaired) electrons. The lowest BCUT2D eigenvalue weighted by atomic mass is 9.85. The van der Waals surface area contributed by atoms with E-state index in [4.69, 9.17) is 16.3 Å². The molecule has 1 unspecified atom stereocenters. The number of Topliss-reactive ketones (excluding diaryl/α,β-unsaturated/α-hetero) is 1. The fourth-order valence-electron chi connectivity index (χ4n) is 4.36. The van der Waals surface area contributed by atoms with Crippen molar-refractivity contribution in [2.24, 2.45) is 0 Å². The number of ketones is 1. The average Bonchev–Trinajstić information content (AvgIpc) is 3.13. The summed E-state index contributed by atoms with van der Waals surface area (Å²) < 4.78 is 5.69. The second kappa shape index (κ2) is 10.3. The normalized spacial score (nSPS) is 17.3. The zero-order valence-electron chi connectivity index (χ0n) is 21.3. The number of phenols is 1. The number of rotatable bonds is 6. The van der Waals surface area contributed by atoms with Gasteiger partial charge >= 0.3 is 0 Å². The lowest BCUT2D eigenvalue weighted by molar-refractivity contribution is -0.132. The van der Waals surface area contributed by atoms with Crippen molar-refractivity contribution in [1.29, 1.82) is 0 Å².